The molecule has 1 aliphatic heterocycles. The fourth-order valence-corrected chi connectivity index (χ4v) is 3.04. The van der Waals surface area contributed by atoms with Crippen molar-refractivity contribution in [1.29, 1.82) is 0 Å². The van der Waals surface area contributed by atoms with Crippen LogP contribution in [0.4, 0.5) is 5.13 Å². The van der Waals surface area contributed by atoms with Crippen molar-refractivity contribution in [2.45, 2.75) is 51.7 Å². The van der Waals surface area contributed by atoms with Crippen LogP contribution >= 0.6 is 11.3 Å². The van der Waals surface area contributed by atoms with Crippen molar-refractivity contribution in [3.63, 3.8) is 0 Å². The van der Waals surface area contributed by atoms with Gasteiger partial charge in [-0.25, -0.2) is 5.84 Å². The molecule has 1 saturated heterocycles. The highest BCUT2D eigenvalue weighted by molar-refractivity contribution is 7.15. The van der Waals surface area contributed by atoms with E-state index < -0.39 is 0 Å². The summed E-state index contributed by atoms with van der Waals surface area (Å²) in [4.78, 5) is 2.53. The molecule has 16 heavy (non-hydrogen) atoms. The average molecular weight is 241 g/mol. The SMILES string of the molecule is CCC1CCC(C)N1Cc1nnc(NN)s1. The summed E-state index contributed by atoms with van der Waals surface area (Å²) in [7, 11) is 0. The Kier molecular flexibility index (Phi) is 3.73. The van der Waals surface area contributed by atoms with Crippen LogP contribution in [0, 0.1) is 0 Å². The van der Waals surface area contributed by atoms with Crippen molar-refractivity contribution in [3.8, 4) is 0 Å². The van der Waals surface area contributed by atoms with Crippen LogP contribution in [0.1, 0.15) is 38.1 Å². The van der Waals surface area contributed by atoms with Gasteiger partial charge in [0, 0.05) is 12.1 Å². The number of hydrogen-bond donors (Lipinski definition) is 2. The second kappa shape index (κ2) is 5.07. The van der Waals surface area contributed by atoms with Gasteiger partial charge in [0.25, 0.3) is 0 Å². The van der Waals surface area contributed by atoms with Crippen LogP contribution in [0.25, 0.3) is 0 Å². The summed E-state index contributed by atoms with van der Waals surface area (Å²) in [6.45, 7) is 5.44. The number of nitrogens with one attached hydrogen (secondary N) is 1. The van der Waals surface area contributed by atoms with E-state index in [0.29, 0.717) is 17.2 Å². The van der Waals surface area contributed by atoms with Gasteiger partial charge in [-0.2, -0.15) is 0 Å². The van der Waals surface area contributed by atoms with Crippen molar-refractivity contribution in [1.82, 2.24) is 15.1 Å². The Bertz CT molecular complexity index is 340. The number of hydrazine groups is 1. The molecule has 0 radical (unpaired) electrons. The molecule has 0 saturated carbocycles. The first kappa shape index (κ1) is 11.8. The Labute approximate surface area is 100 Å². The third kappa shape index (κ3) is 2.34. The van der Waals surface area contributed by atoms with Crippen LogP contribution < -0.4 is 11.3 Å². The van der Waals surface area contributed by atoms with E-state index in [1.807, 2.05) is 0 Å². The minimum absolute atomic E-state index is 0.656. The van der Waals surface area contributed by atoms with Crippen molar-refractivity contribution >= 4 is 16.5 Å². The first-order valence-corrected chi connectivity index (χ1v) is 6.61. The Hall–Kier alpha value is -0.720. The van der Waals surface area contributed by atoms with Gasteiger partial charge in [-0.1, -0.05) is 18.3 Å². The zero-order valence-corrected chi connectivity index (χ0v) is 10.6. The molecular formula is C10H19N5S. The molecule has 5 nitrogen and oxygen atoms in total. The summed E-state index contributed by atoms with van der Waals surface area (Å²) < 4.78 is 0. The van der Waals surface area contributed by atoms with Gasteiger partial charge in [0.15, 0.2) is 0 Å². The largest absolute Gasteiger partial charge is 0.298 e. The zero-order valence-electron chi connectivity index (χ0n) is 9.81. The Morgan fingerprint density at radius 3 is 2.94 bits per heavy atom. The lowest BCUT2D eigenvalue weighted by molar-refractivity contribution is 0.189. The fourth-order valence-electron chi connectivity index (χ4n) is 2.38. The van der Waals surface area contributed by atoms with Gasteiger partial charge in [-0.05, 0) is 26.2 Å². The van der Waals surface area contributed by atoms with Gasteiger partial charge >= 0.3 is 0 Å². The van der Waals surface area contributed by atoms with Gasteiger partial charge in [0.1, 0.15) is 5.01 Å². The summed E-state index contributed by atoms with van der Waals surface area (Å²) in [5.74, 6) is 5.30. The van der Waals surface area contributed by atoms with Crippen molar-refractivity contribution in [2.75, 3.05) is 5.43 Å². The molecule has 2 rings (SSSR count). The van der Waals surface area contributed by atoms with Crippen LogP contribution in [0.3, 0.4) is 0 Å². The van der Waals surface area contributed by atoms with E-state index in [0.717, 1.165) is 11.6 Å². The first-order chi connectivity index (χ1) is 7.74. The van der Waals surface area contributed by atoms with E-state index in [-0.39, 0.29) is 0 Å². The molecule has 1 fully saturated rings. The van der Waals surface area contributed by atoms with Gasteiger partial charge in [-0.3, -0.25) is 10.3 Å². The number of nitrogens with two attached hydrogens (primary N) is 1. The van der Waals surface area contributed by atoms with Crippen LogP contribution in [0.2, 0.25) is 0 Å². The highest BCUT2D eigenvalue weighted by Crippen LogP contribution is 2.28. The second-order valence-electron chi connectivity index (χ2n) is 4.31. The van der Waals surface area contributed by atoms with E-state index >= 15 is 0 Å². The number of nitrogens with zero attached hydrogens (tertiary/aromatic N) is 3. The first-order valence-electron chi connectivity index (χ1n) is 5.79. The molecule has 0 bridgehead atoms. The fraction of sp³-hybridized carbons (Fsp3) is 0.800. The number of hydrogen-bond acceptors (Lipinski definition) is 6. The molecule has 2 unspecified atom stereocenters. The third-order valence-electron chi connectivity index (χ3n) is 3.33. The lowest BCUT2D eigenvalue weighted by Crippen LogP contribution is -2.33. The number of aromatic nitrogens is 2. The van der Waals surface area contributed by atoms with Crippen molar-refractivity contribution < 1.29 is 0 Å². The van der Waals surface area contributed by atoms with E-state index in [4.69, 9.17) is 5.84 Å². The van der Waals surface area contributed by atoms with Gasteiger partial charge in [-0.15, -0.1) is 10.2 Å². The Morgan fingerprint density at radius 1 is 1.50 bits per heavy atom. The third-order valence-corrected chi connectivity index (χ3v) is 4.17. The molecule has 90 valence electrons. The number of anilines is 1. The smallest absolute Gasteiger partial charge is 0.219 e. The molecule has 0 aliphatic carbocycles. The average Bonchev–Trinajstić information content (AvgIpc) is 2.88. The molecule has 2 heterocycles. The summed E-state index contributed by atoms with van der Waals surface area (Å²) in [6.07, 6.45) is 3.81. The molecule has 6 heteroatoms. The highest BCUT2D eigenvalue weighted by atomic mass is 32.1. The minimum atomic E-state index is 0.656. The Balaban J connectivity index is 2.02. The molecule has 0 amide bonds. The second-order valence-corrected chi connectivity index (χ2v) is 5.37. The zero-order chi connectivity index (χ0) is 11.5. The maximum atomic E-state index is 5.30. The standard InChI is InChI=1S/C10H19N5S/c1-3-8-5-4-7(2)15(8)6-9-13-14-10(12-11)16-9/h7-8H,3-6,11H2,1-2H3,(H,12,14). The lowest BCUT2D eigenvalue weighted by atomic mass is 10.2. The summed E-state index contributed by atoms with van der Waals surface area (Å²) in [5.41, 5.74) is 2.54. The highest BCUT2D eigenvalue weighted by Gasteiger charge is 2.29. The topological polar surface area (TPSA) is 67.1 Å². The van der Waals surface area contributed by atoms with E-state index in [9.17, 15) is 0 Å². The van der Waals surface area contributed by atoms with Gasteiger partial charge in [0.2, 0.25) is 5.13 Å². The Morgan fingerprint density at radius 2 is 2.31 bits per heavy atom. The molecule has 1 aliphatic rings. The van der Waals surface area contributed by atoms with Crippen molar-refractivity contribution in [3.05, 3.63) is 5.01 Å². The van der Waals surface area contributed by atoms with Crippen LogP contribution in [-0.2, 0) is 6.54 Å². The summed E-state index contributed by atoms with van der Waals surface area (Å²) in [5, 5.41) is 9.83. The van der Waals surface area contributed by atoms with Gasteiger partial charge in [0.05, 0.1) is 6.54 Å². The number of rotatable bonds is 4. The van der Waals surface area contributed by atoms with Crippen LogP contribution in [0.15, 0.2) is 0 Å². The van der Waals surface area contributed by atoms with Crippen LogP contribution in [-0.4, -0.2) is 27.2 Å². The molecule has 1 aromatic heterocycles. The molecule has 1 aromatic rings. The van der Waals surface area contributed by atoms with E-state index in [1.54, 1.807) is 0 Å². The predicted octanol–water partition coefficient (Wildman–Crippen LogP) is 1.59. The number of nitrogen functional groups attached to an aromatic ring is 1. The van der Waals surface area contributed by atoms with E-state index in [1.165, 1.54) is 30.6 Å². The lowest BCUT2D eigenvalue weighted by Gasteiger charge is -2.26. The molecule has 0 aromatic carbocycles. The normalized spacial score (nSPS) is 26.2. The summed E-state index contributed by atoms with van der Waals surface area (Å²) >= 11 is 1.53. The number of likely N-dealkylation sites (tertiary alicyclic amines) is 1. The molecule has 2 atom stereocenters. The molecular weight excluding hydrogens is 222 g/mol. The quantitative estimate of drug-likeness (QED) is 0.619. The molecule has 0 spiro atoms. The molecule has 3 N–H and O–H groups in total. The predicted molar refractivity (Wildman–Crippen MR) is 66.0 cm³/mol. The van der Waals surface area contributed by atoms with Crippen molar-refractivity contribution in [2.24, 2.45) is 5.84 Å². The van der Waals surface area contributed by atoms with Gasteiger partial charge < -0.3 is 0 Å². The summed E-state index contributed by atoms with van der Waals surface area (Å²) in [6, 6.07) is 1.36. The maximum absolute atomic E-state index is 5.30. The maximum Gasteiger partial charge on any atom is 0.219 e. The monoisotopic (exact) mass is 241 g/mol. The van der Waals surface area contributed by atoms with E-state index in [2.05, 4.69) is 34.4 Å². The minimum Gasteiger partial charge on any atom is -0.298 e. The van der Waals surface area contributed by atoms with Crippen LogP contribution in [0.5, 0.6) is 0 Å².